The van der Waals surface area contributed by atoms with Crippen LogP contribution in [0.4, 0.5) is 0 Å². The summed E-state index contributed by atoms with van der Waals surface area (Å²) in [5.74, 6) is 2.25. The SMILES string of the molecule is CC(C)(C)c1cc(C(=O)NCC2(O)CCSCC2)no1. The molecule has 20 heavy (non-hydrogen) atoms. The topological polar surface area (TPSA) is 75.4 Å². The standard InChI is InChI=1S/C14H22N2O3S/c1-13(2,3)11-8-10(16-19-11)12(17)15-9-14(18)4-6-20-7-5-14/h8,18H,4-7,9H2,1-3H3,(H,15,17). The number of nitrogens with one attached hydrogen (secondary N) is 1. The average molecular weight is 298 g/mol. The van der Waals surface area contributed by atoms with Gasteiger partial charge in [0.1, 0.15) is 5.76 Å². The first-order chi connectivity index (χ1) is 9.30. The number of amides is 1. The van der Waals surface area contributed by atoms with E-state index in [9.17, 15) is 9.90 Å². The Morgan fingerprint density at radius 1 is 1.50 bits per heavy atom. The van der Waals surface area contributed by atoms with Crippen LogP contribution in [0.1, 0.15) is 49.9 Å². The smallest absolute Gasteiger partial charge is 0.273 e. The molecule has 2 heterocycles. The minimum Gasteiger partial charge on any atom is -0.388 e. The van der Waals surface area contributed by atoms with Crippen molar-refractivity contribution >= 4 is 17.7 Å². The van der Waals surface area contributed by atoms with E-state index >= 15 is 0 Å². The number of carbonyl (C=O) groups excluding carboxylic acids is 1. The molecule has 1 amide bonds. The summed E-state index contributed by atoms with van der Waals surface area (Å²) >= 11 is 1.83. The van der Waals surface area contributed by atoms with Crippen molar-refractivity contribution in [2.24, 2.45) is 0 Å². The summed E-state index contributed by atoms with van der Waals surface area (Å²) in [5.41, 5.74) is -0.689. The van der Waals surface area contributed by atoms with Crippen LogP contribution >= 0.6 is 11.8 Å². The first kappa shape index (κ1) is 15.4. The maximum atomic E-state index is 12.0. The van der Waals surface area contributed by atoms with Gasteiger partial charge in [-0.15, -0.1) is 0 Å². The van der Waals surface area contributed by atoms with E-state index in [1.165, 1.54) is 0 Å². The van der Waals surface area contributed by atoms with Crippen molar-refractivity contribution in [2.75, 3.05) is 18.1 Å². The lowest BCUT2D eigenvalue weighted by Gasteiger charge is -2.31. The summed E-state index contributed by atoms with van der Waals surface area (Å²) < 4.78 is 5.19. The van der Waals surface area contributed by atoms with E-state index < -0.39 is 5.60 Å². The Labute approximate surface area is 123 Å². The van der Waals surface area contributed by atoms with Crippen LogP contribution in [0.5, 0.6) is 0 Å². The van der Waals surface area contributed by atoms with Crippen LogP contribution < -0.4 is 5.32 Å². The molecule has 0 aliphatic carbocycles. The summed E-state index contributed by atoms with van der Waals surface area (Å²) in [6.07, 6.45) is 1.42. The summed E-state index contributed by atoms with van der Waals surface area (Å²) in [7, 11) is 0. The average Bonchev–Trinajstić information content (AvgIpc) is 2.86. The Hall–Kier alpha value is -1.01. The van der Waals surface area contributed by atoms with Crippen molar-refractivity contribution in [3.05, 3.63) is 17.5 Å². The number of hydrogen-bond acceptors (Lipinski definition) is 5. The molecule has 5 nitrogen and oxygen atoms in total. The molecule has 1 aromatic heterocycles. The molecular formula is C14H22N2O3S. The van der Waals surface area contributed by atoms with Crippen LogP contribution in [0.2, 0.25) is 0 Å². The fourth-order valence-corrected chi connectivity index (χ4v) is 3.25. The van der Waals surface area contributed by atoms with Crippen LogP contribution in [0, 0.1) is 0 Å². The van der Waals surface area contributed by atoms with Crippen molar-refractivity contribution in [2.45, 2.75) is 44.6 Å². The third-order valence-corrected chi connectivity index (χ3v) is 4.47. The van der Waals surface area contributed by atoms with Crippen LogP contribution in [-0.2, 0) is 5.41 Å². The summed E-state index contributed by atoms with van der Waals surface area (Å²) in [5, 5.41) is 16.9. The van der Waals surface area contributed by atoms with E-state index in [-0.39, 0.29) is 23.6 Å². The highest BCUT2D eigenvalue weighted by atomic mass is 32.2. The van der Waals surface area contributed by atoms with Crippen molar-refractivity contribution in [3.63, 3.8) is 0 Å². The van der Waals surface area contributed by atoms with E-state index in [0.29, 0.717) is 18.6 Å². The van der Waals surface area contributed by atoms with Crippen LogP contribution in [-0.4, -0.2) is 39.8 Å². The van der Waals surface area contributed by atoms with Gasteiger partial charge in [0.05, 0.1) is 5.60 Å². The molecule has 0 aromatic carbocycles. The third-order valence-electron chi connectivity index (χ3n) is 3.48. The van der Waals surface area contributed by atoms with Gasteiger partial charge >= 0.3 is 0 Å². The molecule has 1 saturated heterocycles. The molecule has 0 saturated carbocycles. The highest BCUT2D eigenvalue weighted by molar-refractivity contribution is 7.99. The third kappa shape index (κ3) is 3.76. The zero-order valence-electron chi connectivity index (χ0n) is 12.2. The number of thioether (sulfide) groups is 1. The second-order valence-electron chi connectivity index (χ2n) is 6.35. The van der Waals surface area contributed by atoms with Crippen molar-refractivity contribution < 1.29 is 14.4 Å². The molecule has 2 rings (SSSR count). The Balaban J connectivity index is 1.93. The molecule has 1 aromatic rings. The quantitative estimate of drug-likeness (QED) is 0.892. The van der Waals surface area contributed by atoms with E-state index in [1.54, 1.807) is 6.07 Å². The lowest BCUT2D eigenvalue weighted by molar-refractivity contribution is 0.0310. The van der Waals surface area contributed by atoms with Gasteiger partial charge in [-0.25, -0.2) is 0 Å². The van der Waals surface area contributed by atoms with Crippen LogP contribution in [0.15, 0.2) is 10.6 Å². The van der Waals surface area contributed by atoms with Crippen LogP contribution in [0.3, 0.4) is 0 Å². The van der Waals surface area contributed by atoms with Gasteiger partial charge in [0.15, 0.2) is 5.69 Å². The minimum atomic E-state index is -0.780. The number of hydrogen-bond donors (Lipinski definition) is 2. The Bertz CT molecular complexity index is 473. The number of nitrogens with zero attached hydrogens (tertiary/aromatic N) is 1. The first-order valence-corrected chi connectivity index (χ1v) is 8.01. The largest absolute Gasteiger partial charge is 0.388 e. The van der Waals surface area contributed by atoms with Crippen molar-refractivity contribution in [1.82, 2.24) is 10.5 Å². The fourth-order valence-electron chi connectivity index (χ4n) is 2.00. The summed E-state index contributed by atoms with van der Waals surface area (Å²) in [6, 6.07) is 1.66. The molecule has 0 bridgehead atoms. The molecule has 0 radical (unpaired) electrons. The van der Waals surface area contributed by atoms with E-state index in [2.05, 4.69) is 10.5 Å². The van der Waals surface area contributed by atoms with Crippen molar-refractivity contribution in [3.8, 4) is 0 Å². The summed E-state index contributed by atoms with van der Waals surface area (Å²) in [6.45, 7) is 6.26. The zero-order chi connectivity index (χ0) is 14.8. The molecule has 112 valence electrons. The monoisotopic (exact) mass is 298 g/mol. The highest BCUT2D eigenvalue weighted by Crippen LogP contribution is 2.26. The molecule has 1 fully saturated rings. The van der Waals surface area contributed by atoms with Gasteiger partial charge in [0, 0.05) is 18.0 Å². The van der Waals surface area contributed by atoms with Gasteiger partial charge in [-0.2, -0.15) is 11.8 Å². The normalized spacial score (nSPS) is 18.8. The predicted molar refractivity (Wildman–Crippen MR) is 79.0 cm³/mol. The Morgan fingerprint density at radius 3 is 2.70 bits per heavy atom. The van der Waals surface area contributed by atoms with E-state index in [0.717, 1.165) is 11.5 Å². The predicted octanol–water partition coefficient (Wildman–Crippen LogP) is 1.96. The zero-order valence-corrected chi connectivity index (χ0v) is 13.0. The number of aliphatic hydroxyl groups is 1. The second-order valence-corrected chi connectivity index (χ2v) is 7.57. The second kappa shape index (κ2) is 5.77. The Morgan fingerprint density at radius 2 is 2.15 bits per heavy atom. The maximum Gasteiger partial charge on any atom is 0.273 e. The molecule has 1 aliphatic rings. The minimum absolute atomic E-state index is 0.176. The lowest BCUT2D eigenvalue weighted by Crippen LogP contribution is -2.45. The van der Waals surface area contributed by atoms with Gasteiger partial charge in [-0.3, -0.25) is 4.79 Å². The van der Waals surface area contributed by atoms with E-state index in [4.69, 9.17) is 4.52 Å². The number of aromatic nitrogens is 1. The fraction of sp³-hybridized carbons (Fsp3) is 0.714. The van der Waals surface area contributed by atoms with Gasteiger partial charge in [-0.05, 0) is 24.3 Å². The lowest BCUT2D eigenvalue weighted by atomic mass is 9.93. The Kier molecular flexibility index (Phi) is 4.44. The van der Waals surface area contributed by atoms with Gasteiger partial charge in [0.2, 0.25) is 0 Å². The van der Waals surface area contributed by atoms with Gasteiger partial charge in [0.25, 0.3) is 5.91 Å². The maximum absolute atomic E-state index is 12.0. The van der Waals surface area contributed by atoms with Crippen molar-refractivity contribution in [1.29, 1.82) is 0 Å². The molecule has 0 atom stereocenters. The van der Waals surface area contributed by atoms with E-state index in [1.807, 2.05) is 32.5 Å². The number of carbonyl (C=O) groups is 1. The number of rotatable bonds is 3. The highest BCUT2D eigenvalue weighted by Gasteiger charge is 2.30. The van der Waals surface area contributed by atoms with Gasteiger partial charge in [-0.1, -0.05) is 25.9 Å². The molecule has 0 unspecified atom stereocenters. The van der Waals surface area contributed by atoms with Crippen LogP contribution in [0.25, 0.3) is 0 Å². The first-order valence-electron chi connectivity index (χ1n) is 6.86. The molecule has 6 heteroatoms. The molecular weight excluding hydrogens is 276 g/mol. The molecule has 1 aliphatic heterocycles. The van der Waals surface area contributed by atoms with Gasteiger partial charge < -0.3 is 14.9 Å². The molecule has 0 spiro atoms. The summed E-state index contributed by atoms with van der Waals surface area (Å²) in [4.78, 5) is 12.0. The molecule has 2 N–H and O–H groups in total.